The van der Waals surface area contributed by atoms with Crippen molar-refractivity contribution in [1.29, 1.82) is 0 Å². The molecular formula is C13H23NO3. The lowest BCUT2D eigenvalue weighted by Crippen LogP contribution is -2.36. The molecule has 0 unspecified atom stereocenters. The van der Waals surface area contributed by atoms with E-state index < -0.39 is 11.4 Å². The van der Waals surface area contributed by atoms with Crippen LogP contribution in [0, 0.1) is 11.3 Å². The molecule has 4 heteroatoms. The lowest BCUT2D eigenvalue weighted by molar-refractivity contribution is -0.140. The van der Waals surface area contributed by atoms with Crippen molar-refractivity contribution in [3.8, 4) is 0 Å². The summed E-state index contributed by atoms with van der Waals surface area (Å²) in [5, 5.41) is 8.79. The molecule has 0 radical (unpaired) electrons. The zero-order chi connectivity index (χ0) is 13.1. The first-order valence-electron chi connectivity index (χ1n) is 6.33. The summed E-state index contributed by atoms with van der Waals surface area (Å²) in [5.74, 6) is -0.0693. The number of amides is 1. The van der Waals surface area contributed by atoms with Crippen LogP contribution in [0.25, 0.3) is 0 Å². The van der Waals surface area contributed by atoms with E-state index in [0.717, 1.165) is 13.1 Å². The van der Waals surface area contributed by atoms with Gasteiger partial charge in [-0.15, -0.1) is 0 Å². The predicted molar refractivity (Wildman–Crippen MR) is 65.6 cm³/mol. The zero-order valence-electron chi connectivity index (χ0n) is 11.0. The van der Waals surface area contributed by atoms with Crippen LogP contribution in [0.15, 0.2) is 0 Å². The average molecular weight is 241 g/mol. The third-order valence-corrected chi connectivity index (χ3v) is 3.17. The summed E-state index contributed by atoms with van der Waals surface area (Å²) < 4.78 is 0. The normalized spacial score (nSPS) is 15.7. The topological polar surface area (TPSA) is 57.6 Å². The van der Waals surface area contributed by atoms with Gasteiger partial charge in [0.05, 0.1) is 6.42 Å². The average Bonchev–Trinajstić information content (AvgIpc) is 2.93. The molecule has 1 saturated carbocycles. The van der Waals surface area contributed by atoms with Gasteiger partial charge in [0, 0.05) is 19.5 Å². The Kier molecular flexibility index (Phi) is 4.54. The first-order valence-corrected chi connectivity index (χ1v) is 6.33. The van der Waals surface area contributed by atoms with Crippen LogP contribution in [0.2, 0.25) is 0 Å². The molecule has 0 bridgehead atoms. The van der Waals surface area contributed by atoms with Gasteiger partial charge in [-0.2, -0.15) is 0 Å². The van der Waals surface area contributed by atoms with E-state index in [1.165, 1.54) is 12.8 Å². The maximum absolute atomic E-state index is 12.1. The maximum Gasteiger partial charge on any atom is 0.303 e. The van der Waals surface area contributed by atoms with Gasteiger partial charge in [-0.25, -0.2) is 0 Å². The fraction of sp³-hybridized carbons (Fsp3) is 0.846. The van der Waals surface area contributed by atoms with Gasteiger partial charge >= 0.3 is 5.97 Å². The summed E-state index contributed by atoms with van der Waals surface area (Å²) in [6.45, 7) is 7.22. The Labute approximate surface area is 103 Å². The Bertz CT molecular complexity index is 295. The molecule has 0 spiro atoms. The molecule has 1 aliphatic rings. The molecule has 0 aromatic carbocycles. The SMILES string of the molecule is CCN(CC1CC1)C(=O)CC(C)(C)CC(=O)O. The van der Waals surface area contributed by atoms with Crippen molar-refractivity contribution in [3.63, 3.8) is 0 Å². The van der Waals surface area contributed by atoms with Crippen LogP contribution in [0.5, 0.6) is 0 Å². The minimum absolute atomic E-state index is 0.0414. The largest absolute Gasteiger partial charge is 0.481 e. The van der Waals surface area contributed by atoms with Crippen molar-refractivity contribution in [3.05, 3.63) is 0 Å². The van der Waals surface area contributed by atoms with Gasteiger partial charge < -0.3 is 10.0 Å². The van der Waals surface area contributed by atoms with Crippen molar-refractivity contribution >= 4 is 11.9 Å². The Morgan fingerprint density at radius 3 is 2.29 bits per heavy atom. The molecule has 1 amide bonds. The van der Waals surface area contributed by atoms with Crippen molar-refractivity contribution < 1.29 is 14.7 Å². The molecule has 0 atom stereocenters. The summed E-state index contributed by atoms with van der Waals surface area (Å²) in [6.07, 6.45) is 2.81. The van der Waals surface area contributed by atoms with Crippen LogP contribution < -0.4 is 0 Å². The fourth-order valence-corrected chi connectivity index (χ4v) is 2.01. The van der Waals surface area contributed by atoms with Crippen LogP contribution in [-0.4, -0.2) is 35.0 Å². The number of rotatable bonds is 7. The molecule has 1 fully saturated rings. The lowest BCUT2D eigenvalue weighted by atomic mass is 9.85. The van der Waals surface area contributed by atoms with Crippen LogP contribution in [-0.2, 0) is 9.59 Å². The third kappa shape index (κ3) is 5.20. The first kappa shape index (κ1) is 14.0. The molecular weight excluding hydrogens is 218 g/mol. The van der Waals surface area contributed by atoms with Crippen molar-refractivity contribution in [1.82, 2.24) is 4.90 Å². The van der Waals surface area contributed by atoms with Crippen LogP contribution in [0.1, 0.15) is 46.5 Å². The molecule has 1 aliphatic carbocycles. The second-order valence-corrected chi connectivity index (χ2v) is 5.79. The first-order chi connectivity index (χ1) is 7.84. The molecule has 0 heterocycles. The Morgan fingerprint density at radius 1 is 1.29 bits per heavy atom. The summed E-state index contributed by atoms with van der Waals surface area (Å²) in [7, 11) is 0. The molecule has 17 heavy (non-hydrogen) atoms. The number of aliphatic carboxylic acids is 1. The number of hydrogen-bond acceptors (Lipinski definition) is 2. The summed E-state index contributed by atoms with van der Waals surface area (Å²) in [4.78, 5) is 24.6. The highest BCUT2D eigenvalue weighted by Crippen LogP contribution is 2.31. The summed E-state index contributed by atoms with van der Waals surface area (Å²) in [5.41, 5.74) is -0.458. The molecule has 4 nitrogen and oxygen atoms in total. The summed E-state index contributed by atoms with van der Waals surface area (Å²) >= 11 is 0. The van der Waals surface area contributed by atoms with Gasteiger partial charge in [0.25, 0.3) is 0 Å². The van der Waals surface area contributed by atoms with E-state index in [4.69, 9.17) is 5.11 Å². The molecule has 1 rings (SSSR count). The van der Waals surface area contributed by atoms with Crippen LogP contribution >= 0.6 is 0 Å². The highest BCUT2D eigenvalue weighted by atomic mass is 16.4. The van der Waals surface area contributed by atoms with Crippen LogP contribution in [0.4, 0.5) is 0 Å². The predicted octanol–water partition coefficient (Wildman–Crippen LogP) is 2.14. The fourth-order valence-electron chi connectivity index (χ4n) is 2.01. The molecule has 0 saturated heterocycles. The van der Waals surface area contributed by atoms with Gasteiger partial charge in [-0.3, -0.25) is 9.59 Å². The molecule has 98 valence electrons. The van der Waals surface area contributed by atoms with E-state index in [-0.39, 0.29) is 12.3 Å². The number of carboxylic acid groups (broad SMARTS) is 1. The van der Waals surface area contributed by atoms with Gasteiger partial charge in [0.2, 0.25) is 5.91 Å². The number of hydrogen-bond donors (Lipinski definition) is 1. The monoisotopic (exact) mass is 241 g/mol. The lowest BCUT2D eigenvalue weighted by Gasteiger charge is -2.27. The van der Waals surface area contributed by atoms with E-state index in [1.54, 1.807) is 0 Å². The summed E-state index contributed by atoms with van der Waals surface area (Å²) in [6, 6.07) is 0. The van der Waals surface area contributed by atoms with E-state index in [1.807, 2.05) is 25.7 Å². The Morgan fingerprint density at radius 2 is 1.88 bits per heavy atom. The van der Waals surface area contributed by atoms with Gasteiger partial charge in [-0.1, -0.05) is 13.8 Å². The number of carboxylic acids is 1. The van der Waals surface area contributed by atoms with Gasteiger partial charge in [-0.05, 0) is 31.1 Å². The number of nitrogens with zero attached hydrogens (tertiary/aromatic N) is 1. The van der Waals surface area contributed by atoms with Gasteiger partial charge in [0.15, 0.2) is 0 Å². The standard InChI is InChI=1S/C13H23NO3/c1-4-14(9-10-5-6-10)11(15)7-13(2,3)8-12(16)17/h10H,4-9H2,1-3H3,(H,16,17). The van der Waals surface area contributed by atoms with E-state index in [0.29, 0.717) is 12.3 Å². The molecule has 1 N–H and O–H groups in total. The smallest absolute Gasteiger partial charge is 0.303 e. The van der Waals surface area contributed by atoms with Crippen molar-refractivity contribution in [2.45, 2.75) is 46.5 Å². The van der Waals surface area contributed by atoms with E-state index in [2.05, 4.69) is 0 Å². The molecule has 0 aromatic heterocycles. The highest BCUT2D eigenvalue weighted by Gasteiger charge is 2.30. The minimum Gasteiger partial charge on any atom is -0.481 e. The van der Waals surface area contributed by atoms with Gasteiger partial charge in [0.1, 0.15) is 0 Å². The second kappa shape index (κ2) is 5.52. The number of carbonyl (C=O) groups excluding carboxylic acids is 1. The maximum atomic E-state index is 12.1. The van der Waals surface area contributed by atoms with E-state index in [9.17, 15) is 9.59 Å². The second-order valence-electron chi connectivity index (χ2n) is 5.79. The van der Waals surface area contributed by atoms with Crippen molar-refractivity contribution in [2.75, 3.05) is 13.1 Å². The van der Waals surface area contributed by atoms with Crippen molar-refractivity contribution in [2.24, 2.45) is 11.3 Å². The number of carbonyl (C=O) groups is 2. The Balaban J connectivity index is 2.46. The zero-order valence-corrected chi connectivity index (χ0v) is 11.0. The van der Waals surface area contributed by atoms with E-state index >= 15 is 0 Å². The third-order valence-electron chi connectivity index (χ3n) is 3.17. The highest BCUT2D eigenvalue weighted by molar-refractivity contribution is 5.78. The molecule has 0 aromatic rings. The Hall–Kier alpha value is -1.06. The van der Waals surface area contributed by atoms with Crippen LogP contribution in [0.3, 0.4) is 0 Å². The molecule has 0 aliphatic heterocycles. The quantitative estimate of drug-likeness (QED) is 0.743. The minimum atomic E-state index is -0.840.